The van der Waals surface area contributed by atoms with Gasteiger partial charge in [0, 0.05) is 23.6 Å². The number of rotatable bonds is 3. The third kappa shape index (κ3) is 3.08. The number of nitrogens with one attached hydrogen (secondary N) is 2. The monoisotopic (exact) mass is 361 g/mol. The molecule has 2 fully saturated rings. The second-order valence-corrected chi connectivity index (χ2v) is 8.79. The number of hydrogen-bond acceptors (Lipinski definition) is 5. The van der Waals surface area contributed by atoms with Gasteiger partial charge in [0.2, 0.25) is 0 Å². The largest absolute Gasteiger partial charge is 0.375 e. The Morgan fingerprint density at radius 1 is 1.27 bits per heavy atom. The molecule has 0 aromatic carbocycles. The van der Waals surface area contributed by atoms with Gasteiger partial charge in [0.1, 0.15) is 5.52 Å². The predicted molar refractivity (Wildman–Crippen MR) is 97.1 cm³/mol. The van der Waals surface area contributed by atoms with Gasteiger partial charge < -0.3 is 24.2 Å². The smallest absolute Gasteiger partial charge is 0.275 e. The standard InChI is InChI=1S/C19H27N3O4/c1-18(2,3)24-8-10-6-11(16-15(10)25-19(4,5)26-16)12-7-20-14-13(12)21-9-22-17(14)23/h7,9-11,15-16,20H,6,8H2,1-5H3,(H,21,22,23)/t10-,11+,15-,16+/m1/s1. The summed E-state index contributed by atoms with van der Waals surface area (Å²) in [6.07, 6.45) is 4.12. The Balaban J connectivity index is 1.67. The van der Waals surface area contributed by atoms with Crippen molar-refractivity contribution in [2.24, 2.45) is 5.92 Å². The summed E-state index contributed by atoms with van der Waals surface area (Å²) in [6, 6.07) is 0. The first-order valence-corrected chi connectivity index (χ1v) is 9.19. The van der Waals surface area contributed by atoms with Crippen molar-refractivity contribution in [2.75, 3.05) is 6.61 Å². The van der Waals surface area contributed by atoms with Crippen LogP contribution in [-0.2, 0) is 14.2 Å². The molecule has 1 aliphatic heterocycles. The molecular weight excluding hydrogens is 334 g/mol. The molecular formula is C19H27N3O4. The van der Waals surface area contributed by atoms with E-state index in [9.17, 15) is 4.79 Å². The van der Waals surface area contributed by atoms with E-state index in [2.05, 4.69) is 35.7 Å². The van der Waals surface area contributed by atoms with E-state index in [-0.39, 0.29) is 35.2 Å². The van der Waals surface area contributed by atoms with Gasteiger partial charge in [-0.05, 0) is 41.0 Å². The van der Waals surface area contributed by atoms with Gasteiger partial charge in [-0.1, -0.05) is 0 Å². The maximum absolute atomic E-state index is 12.0. The number of aromatic amines is 2. The molecule has 1 saturated carbocycles. The molecule has 0 bridgehead atoms. The summed E-state index contributed by atoms with van der Waals surface area (Å²) in [5.41, 5.74) is 1.88. The summed E-state index contributed by atoms with van der Waals surface area (Å²) < 4.78 is 18.5. The first-order valence-electron chi connectivity index (χ1n) is 9.19. The van der Waals surface area contributed by atoms with Crippen molar-refractivity contribution in [3.05, 3.63) is 28.4 Å². The van der Waals surface area contributed by atoms with Crippen molar-refractivity contribution >= 4 is 11.0 Å². The number of hydrogen-bond donors (Lipinski definition) is 2. The lowest BCUT2D eigenvalue weighted by Gasteiger charge is -2.26. The molecule has 2 N–H and O–H groups in total. The number of ether oxygens (including phenoxy) is 3. The Kier molecular flexibility index (Phi) is 4.02. The van der Waals surface area contributed by atoms with E-state index >= 15 is 0 Å². The quantitative estimate of drug-likeness (QED) is 0.877. The summed E-state index contributed by atoms with van der Waals surface area (Å²) in [5, 5.41) is 0. The topological polar surface area (TPSA) is 89.2 Å². The first-order chi connectivity index (χ1) is 12.1. The van der Waals surface area contributed by atoms with E-state index in [1.165, 1.54) is 6.33 Å². The van der Waals surface area contributed by atoms with E-state index in [4.69, 9.17) is 14.2 Å². The minimum Gasteiger partial charge on any atom is -0.375 e. The van der Waals surface area contributed by atoms with E-state index in [0.717, 1.165) is 12.0 Å². The highest BCUT2D eigenvalue weighted by Crippen LogP contribution is 2.50. The molecule has 2 aliphatic rings. The zero-order valence-electron chi connectivity index (χ0n) is 16.0. The molecule has 3 heterocycles. The lowest BCUT2D eigenvalue weighted by Crippen LogP contribution is -2.31. The maximum Gasteiger partial charge on any atom is 0.275 e. The van der Waals surface area contributed by atoms with Gasteiger partial charge in [-0.15, -0.1) is 0 Å². The van der Waals surface area contributed by atoms with E-state index in [0.29, 0.717) is 17.6 Å². The summed E-state index contributed by atoms with van der Waals surface area (Å²) >= 11 is 0. The van der Waals surface area contributed by atoms with Crippen LogP contribution in [-0.4, -0.2) is 45.2 Å². The van der Waals surface area contributed by atoms with Crippen molar-refractivity contribution in [3.63, 3.8) is 0 Å². The molecule has 7 nitrogen and oxygen atoms in total. The van der Waals surface area contributed by atoms with Gasteiger partial charge in [-0.2, -0.15) is 0 Å². The van der Waals surface area contributed by atoms with Gasteiger partial charge in [-0.25, -0.2) is 4.98 Å². The van der Waals surface area contributed by atoms with Gasteiger partial charge in [-0.3, -0.25) is 4.79 Å². The second kappa shape index (κ2) is 5.90. The Bertz CT molecular complexity index is 864. The van der Waals surface area contributed by atoms with Crippen LogP contribution in [0.15, 0.2) is 17.3 Å². The highest BCUT2D eigenvalue weighted by Gasteiger charge is 2.54. The molecule has 0 amide bonds. The number of H-pyrrole nitrogens is 2. The molecule has 26 heavy (non-hydrogen) atoms. The van der Waals surface area contributed by atoms with Gasteiger partial charge in [0.05, 0.1) is 36.3 Å². The summed E-state index contributed by atoms with van der Waals surface area (Å²) in [4.78, 5) is 22.1. The van der Waals surface area contributed by atoms with Crippen LogP contribution in [0.4, 0.5) is 0 Å². The van der Waals surface area contributed by atoms with E-state index < -0.39 is 5.79 Å². The van der Waals surface area contributed by atoms with Crippen LogP contribution >= 0.6 is 0 Å². The third-order valence-corrected chi connectivity index (χ3v) is 5.21. The summed E-state index contributed by atoms with van der Waals surface area (Å²) in [6.45, 7) is 10.7. The normalized spacial score (nSPS) is 30.8. The van der Waals surface area contributed by atoms with Gasteiger partial charge in [0.25, 0.3) is 5.56 Å². The number of fused-ring (bicyclic) bond motifs is 2. The predicted octanol–water partition coefficient (Wildman–Crippen LogP) is 2.69. The molecule has 1 aliphatic carbocycles. The molecule has 2 aromatic rings. The van der Waals surface area contributed by atoms with Gasteiger partial charge >= 0.3 is 0 Å². The molecule has 7 heteroatoms. The first kappa shape index (κ1) is 17.7. The van der Waals surface area contributed by atoms with E-state index in [1.54, 1.807) is 0 Å². The average molecular weight is 361 g/mol. The third-order valence-electron chi connectivity index (χ3n) is 5.21. The minimum atomic E-state index is -0.620. The van der Waals surface area contributed by atoms with Crippen LogP contribution < -0.4 is 5.56 Å². The fourth-order valence-corrected chi connectivity index (χ4v) is 4.16. The van der Waals surface area contributed by atoms with Crippen LogP contribution in [0, 0.1) is 5.92 Å². The van der Waals surface area contributed by atoms with Crippen LogP contribution in [0.3, 0.4) is 0 Å². The SMILES string of the molecule is CC(C)(C)OC[C@H]1C[C@@H](c2c[nH]c3c(=O)[nH]cnc23)[C@@H]2OC(C)(C)O[C@H]12. The van der Waals surface area contributed by atoms with Crippen molar-refractivity contribution in [3.8, 4) is 0 Å². The van der Waals surface area contributed by atoms with Crippen LogP contribution in [0.5, 0.6) is 0 Å². The fourth-order valence-electron chi connectivity index (χ4n) is 4.16. The Labute approximate surface area is 152 Å². The Morgan fingerprint density at radius 3 is 2.73 bits per heavy atom. The zero-order chi connectivity index (χ0) is 18.7. The highest BCUT2D eigenvalue weighted by molar-refractivity contribution is 5.78. The Morgan fingerprint density at radius 2 is 2.00 bits per heavy atom. The molecule has 142 valence electrons. The molecule has 1 saturated heterocycles. The zero-order valence-corrected chi connectivity index (χ0v) is 16.0. The molecule has 0 spiro atoms. The van der Waals surface area contributed by atoms with Crippen molar-refractivity contribution in [1.29, 1.82) is 0 Å². The second-order valence-electron chi connectivity index (χ2n) is 8.79. The molecule has 0 unspecified atom stereocenters. The van der Waals surface area contributed by atoms with Gasteiger partial charge in [0.15, 0.2) is 5.79 Å². The van der Waals surface area contributed by atoms with Crippen LogP contribution in [0.2, 0.25) is 0 Å². The lowest BCUT2D eigenvalue weighted by atomic mass is 9.96. The molecule has 0 radical (unpaired) electrons. The van der Waals surface area contributed by atoms with Crippen molar-refractivity contribution in [2.45, 2.75) is 70.6 Å². The minimum absolute atomic E-state index is 0.0238. The summed E-state index contributed by atoms with van der Waals surface area (Å²) in [7, 11) is 0. The summed E-state index contributed by atoms with van der Waals surface area (Å²) in [5.74, 6) is -0.276. The fraction of sp³-hybridized carbons (Fsp3) is 0.684. The number of aromatic nitrogens is 3. The van der Waals surface area contributed by atoms with Crippen molar-refractivity contribution < 1.29 is 14.2 Å². The molecule has 4 atom stereocenters. The van der Waals surface area contributed by atoms with Crippen molar-refractivity contribution in [1.82, 2.24) is 15.0 Å². The average Bonchev–Trinajstić information content (AvgIpc) is 3.16. The maximum atomic E-state index is 12.0. The number of nitrogens with zero attached hydrogens (tertiary/aromatic N) is 1. The molecule has 2 aromatic heterocycles. The highest BCUT2D eigenvalue weighted by atomic mass is 16.8. The van der Waals surface area contributed by atoms with Crippen LogP contribution in [0.25, 0.3) is 11.0 Å². The molecule has 4 rings (SSSR count). The lowest BCUT2D eigenvalue weighted by molar-refractivity contribution is -0.162. The Hall–Kier alpha value is -1.70. The van der Waals surface area contributed by atoms with E-state index in [1.807, 2.05) is 20.0 Å². The van der Waals surface area contributed by atoms with Crippen LogP contribution in [0.1, 0.15) is 52.5 Å².